The summed E-state index contributed by atoms with van der Waals surface area (Å²) in [7, 11) is 1.57. The number of Topliss-reactive ketones (excluding diaryl/α,β-unsaturated/α-hetero) is 1. The quantitative estimate of drug-likeness (QED) is 0.611. The van der Waals surface area contributed by atoms with E-state index in [2.05, 4.69) is 15.6 Å². The van der Waals surface area contributed by atoms with Gasteiger partial charge < -0.3 is 10.3 Å². The number of hydrogen-bond donors (Lipinski definition) is 3. The first-order valence-corrected chi connectivity index (χ1v) is 7.80. The van der Waals surface area contributed by atoms with Gasteiger partial charge in [-0.05, 0) is 11.6 Å². The number of ketones is 1. The summed E-state index contributed by atoms with van der Waals surface area (Å²) in [5.74, 6) is -0.231. The first-order chi connectivity index (χ1) is 11.7. The van der Waals surface area contributed by atoms with Crippen molar-refractivity contribution in [3.05, 3.63) is 71.9 Å². The van der Waals surface area contributed by atoms with Crippen molar-refractivity contribution < 1.29 is 9.59 Å². The summed E-state index contributed by atoms with van der Waals surface area (Å²) in [5, 5.41) is 6.50. The Morgan fingerprint density at radius 3 is 2.50 bits per heavy atom. The predicted molar refractivity (Wildman–Crippen MR) is 93.9 cm³/mol. The fraction of sp³-hybridized carbons (Fsp3) is 0.158. The highest BCUT2D eigenvalue weighted by Crippen LogP contribution is 2.24. The van der Waals surface area contributed by atoms with E-state index in [4.69, 9.17) is 0 Å². The predicted octanol–water partition coefficient (Wildman–Crippen LogP) is 2.43. The Morgan fingerprint density at radius 2 is 1.75 bits per heavy atom. The van der Waals surface area contributed by atoms with Gasteiger partial charge in [0.2, 0.25) is 5.91 Å². The number of hydrogen-bond acceptors (Lipinski definition) is 3. The van der Waals surface area contributed by atoms with Crippen LogP contribution in [0.2, 0.25) is 0 Å². The van der Waals surface area contributed by atoms with E-state index >= 15 is 0 Å². The van der Waals surface area contributed by atoms with E-state index in [9.17, 15) is 9.59 Å². The van der Waals surface area contributed by atoms with Crippen molar-refractivity contribution in [2.24, 2.45) is 0 Å². The molecule has 2 aromatic carbocycles. The van der Waals surface area contributed by atoms with Crippen molar-refractivity contribution in [3.8, 4) is 0 Å². The maximum Gasteiger partial charge on any atom is 0.233 e. The summed E-state index contributed by atoms with van der Waals surface area (Å²) in [5.41, 5.74) is 2.36. The number of rotatable bonds is 6. The highest BCUT2D eigenvalue weighted by atomic mass is 16.2. The molecule has 1 aromatic heterocycles. The number of para-hydroxylation sites is 1. The average molecular weight is 321 g/mol. The van der Waals surface area contributed by atoms with Gasteiger partial charge in [0.25, 0.3) is 0 Å². The van der Waals surface area contributed by atoms with Crippen LogP contribution in [0.1, 0.15) is 22.0 Å². The average Bonchev–Trinajstić information content (AvgIpc) is 3.06. The monoisotopic (exact) mass is 321 g/mol. The largest absolute Gasteiger partial charge is 0.360 e. The van der Waals surface area contributed by atoms with Crippen LogP contribution in [0.4, 0.5) is 0 Å². The van der Waals surface area contributed by atoms with Gasteiger partial charge in [0, 0.05) is 29.7 Å². The van der Waals surface area contributed by atoms with Crippen LogP contribution >= 0.6 is 0 Å². The van der Waals surface area contributed by atoms with Crippen LogP contribution in [-0.2, 0) is 4.79 Å². The van der Waals surface area contributed by atoms with Gasteiger partial charge in [-0.3, -0.25) is 14.9 Å². The molecule has 0 bridgehead atoms. The molecule has 1 amide bonds. The summed E-state index contributed by atoms with van der Waals surface area (Å²) in [6, 6.07) is 16.5. The number of likely N-dealkylation sites (N-methyl/N-ethyl adjacent to an activating group) is 1. The highest BCUT2D eigenvalue weighted by Gasteiger charge is 2.24. The summed E-state index contributed by atoms with van der Waals surface area (Å²) < 4.78 is 0. The van der Waals surface area contributed by atoms with E-state index in [1.54, 1.807) is 13.2 Å². The molecular formula is C19H19N3O2. The van der Waals surface area contributed by atoms with Gasteiger partial charge in [-0.1, -0.05) is 48.5 Å². The number of H-pyrrole nitrogens is 1. The summed E-state index contributed by atoms with van der Waals surface area (Å²) in [6.45, 7) is 0.0736. The number of aromatic nitrogens is 1. The molecule has 0 aliphatic rings. The third-order valence-electron chi connectivity index (χ3n) is 4.00. The molecule has 0 fully saturated rings. The first kappa shape index (κ1) is 16.0. The summed E-state index contributed by atoms with van der Waals surface area (Å²) in [4.78, 5) is 27.8. The van der Waals surface area contributed by atoms with Gasteiger partial charge in [-0.15, -0.1) is 0 Å². The Bertz CT molecular complexity index is 855. The minimum absolute atomic E-state index is 0.0671. The van der Waals surface area contributed by atoms with E-state index in [0.717, 1.165) is 16.5 Å². The lowest BCUT2D eigenvalue weighted by Gasteiger charge is -2.17. The Hall–Kier alpha value is -2.92. The first-order valence-electron chi connectivity index (χ1n) is 7.80. The molecule has 0 saturated heterocycles. The van der Waals surface area contributed by atoms with Crippen LogP contribution in [0.15, 0.2) is 60.8 Å². The Morgan fingerprint density at radius 1 is 1.04 bits per heavy atom. The smallest absolute Gasteiger partial charge is 0.233 e. The molecule has 0 unspecified atom stereocenters. The van der Waals surface area contributed by atoms with Crippen molar-refractivity contribution >= 4 is 22.6 Å². The zero-order valence-electron chi connectivity index (χ0n) is 13.4. The topological polar surface area (TPSA) is 74.0 Å². The maximum absolute atomic E-state index is 13.1. The second kappa shape index (κ2) is 7.10. The fourth-order valence-corrected chi connectivity index (χ4v) is 2.72. The van der Waals surface area contributed by atoms with Gasteiger partial charge in [-0.2, -0.15) is 0 Å². The Kier molecular flexibility index (Phi) is 4.72. The van der Waals surface area contributed by atoms with E-state index in [0.29, 0.717) is 5.56 Å². The molecule has 1 heterocycles. The van der Waals surface area contributed by atoms with Gasteiger partial charge in [0.15, 0.2) is 5.78 Å². The lowest BCUT2D eigenvalue weighted by molar-refractivity contribution is -0.119. The molecule has 122 valence electrons. The van der Waals surface area contributed by atoms with Gasteiger partial charge in [0.1, 0.15) is 0 Å². The number of benzene rings is 2. The normalized spacial score (nSPS) is 12.0. The molecule has 3 N–H and O–H groups in total. The summed E-state index contributed by atoms with van der Waals surface area (Å²) >= 11 is 0. The molecule has 0 saturated carbocycles. The number of carbonyl (C=O) groups is 2. The SMILES string of the molecule is CNC(=O)CN[C@@H](C(=O)c1c[nH]c2ccccc12)c1ccccc1. The van der Waals surface area contributed by atoms with Crippen molar-refractivity contribution in [1.82, 2.24) is 15.6 Å². The van der Waals surface area contributed by atoms with Crippen LogP contribution in [-0.4, -0.2) is 30.3 Å². The standard InChI is InChI=1S/C19H19N3O2/c1-20-17(23)12-22-18(13-7-3-2-4-8-13)19(24)15-11-21-16-10-6-5-9-14(15)16/h2-11,18,21-22H,12H2,1H3,(H,20,23)/t18-/m1/s1. The fourth-order valence-electron chi connectivity index (χ4n) is 2.72. The molecule has 3 aromatic rings. The van der Waals surface area contributed by atoms with E-state index < -0.39 is 6.04 Å². The van der Waals surface area contributed by atoms with E-state index in [1.807, 2.05) is 54.6 Å². The number of fused-ring (bicyclic) bond motifs is 1. The van der Waals surface area contributed by atoms with Crippen molar-refractivity contribution in [2.75, 3.05) is 13.6 Å². The minimum atomic E-state index is -0.581. The number of aromatic amines is 1. The lowest BCUT2D eigenvalue weighted by atomic mass is 9.97. The Balaban J connectivity index is 1.95. The molecule has 5 nitrogen and oxygen atoms in total. The second-order valence-corrected chi connectivity index (χ2v) is 5.51. The zero-order valence-corrected chi connectivity index (χ0v) is 13.4. The molecule has 1 atom stereocenters. The number of nitrogens with one attached hydrogen (secondary N) is 3. The van der Waals surface area contributed by atoms with Crippen molar-refractivity contribution in [3.63, 3.8) is 0 Å². The zero-order chi connectivity index (χ0) is 16.9. The van der Waals surface area contributed by atoms with Gasteiger partial charge >= 0.3 is 0 Å². The number of carbonyl (C=O) groups excluding carboxylic acids is 2. The molecule has 0 spiro atoms. The highest BCUT2D eigenvalue weighted by molar-refractivity contribution is 6.10. The third-order valence-corrected chi connectivity index (χ3v) is 4.00. The van der Waals surface area contributed by atoms with E-state index in [1.165, 1.54) is 0 Å². The number of amides is 1. The summed E-state index contributed by atoms with van der Waals surface area (Å²) in [6.07, 6.45) is 1.73. The molecule has 3 rings (SSSR count). The van der Waals surface area contributed by atoms with Crippen LogP contribution in [0, 0.1) is 0 Å². The Labute approximate surface area is 140 Å². The molecular weight excluding hydrogens is 302 g/mol. The third kappa shape index (κ3) is 3.21. The van der Waals surface area contributed by atoms with Crippen LogP contribution in [0.5, 0.6) is 0 Å². The van der Waals surface area contributed by atoms with Crippen LogP contribution in [0.25, 0.3) is 10.9 Å². The van der Waals surface area contributed by atoms with Crippen LogP contribution in [0.3, 0.4) is 0 Å². The van der Waals surface area contributed by atoms with Gasteiger partial charge in [-0.25, -0.2) is 0 Å². The molecule has 0 aliphatic heterocycles. The molecule has 0 radical (unpaired) electrons. The van der Waals surface area contributed by atoms with Crippen molar-refractivity contribution in [1.29, 1.82) is 0 Å². The van der Waals surface area contributed by atoms with Gasteiger partial charge in [0.05, 0.1) is 12.6 Å². The lowest BCUT2D eigenvalue weighted by Crippen LogP contribution is -2.37. The van der Waals surface area contributed by atoms with E-state index in [-0.39, 0.29) is 18.2 Å². The molecule has 24 heavy (non-hydrogen) atoms. The molecule has 5 heteroatoms. The second-order valence-electron chi connectivity index (χ2n) is 5.51. The van der Waals surface area contributed by atoms with Crippen LogP contribution < -0.4 is 10.6 Å². The van der Waals surface area contributed by atoms with Crippen molar-refractivity contribution in [2.45, 2.75) is 6.04 Å². The maximum atomic E-state index is 13.1. The minimum Gasteiger partial charge on any atom is -0.360 e. The molecule has 0 aliphatic carbocycles.